The van der Waals surface area contributed by atoms with E-state index < -0.39 is 14.9 Å². The van der Waals surface area contributed by atoms with Crippen LogP contribution in [0.15, 0.2) is 23.1 Å². The molecule has 0 saturated carbocycles. The van der Waals surface area contributed by atoms with Crippen LogP contribution in [-0.4, -0.2) is 52.0 Å². The SMILES string of the molecule is O=[N+]([O-])c1cc(S(=O)(=O)N2CCCCCC2)ccc1NCCc1nnc2n1CCC2. The predicted molar refractivity (Wildman–Crippen MR) is 111 cm³/mol. The third-order valence-corrected chi connectivity index (χ3v) is 7.61. The summed E-state index contributed by atoms with van der Waals surface area (Å²) in [6.07, 6.45) is 6.20. The Morgan fingerprint density at radius 1 is 1.07 bits per heavy atom. The molecule has 10 nitrogen and oxygen atoms in total. The van der Waals surface area contributed by atoms with Gasteiger partial charge in [0.1, 0.15) is 17.3 Å². The van der Waals surface area contributed by atoms with Gasteiger partial charge in [0, 0.05) is 45.1 Å². The van der Waals surface area contributed by atoms with Gasteiger partial charge in [-0.25, -0.2) is 8.42 Å². The van der Waals surface area contributed by atoms with Gasteiger partial charge in [-0.05, 0) is 31.4 Å². The molecule has 0 aliphatic carbocycles. The van der Waals surface area contributed by atoms with Crippen LogP contribution in [0.4, 0.5) is 11.4 Å². The van der Waals surface area contributed by atoms with Crippen LogP contribution in [0.25, 0.3) is 0 Å². The standard InChI is InChI=1S/C19H26N6O4S/c26-25(27)17-14-15(30(28,29)23-11-3-1-2-4-12-23)7-8-16(17)20-10-9-19-22-21-18-6-5-13-24(18)19/h7-8,14,20H,1-6,9-13H2. The Labute approximate surface area is 175 Å². The van der Waals surface area contributed by atoms with Crippen LogP contribution in [0.1, 0.15) is 43.8 Å². The van der Waals surface area contributed by atoms with Gasteiger partial charge in [0.05, 0.1) is 9.82 Å². The zero-order chi connectivity index (χ0) is 21.1. The minimum absolute atomic E-state index is 0.0306. The number of nitrogens with one attached hydrogen (secondary N) is 1. The molecular weight excluding hydrogens is 408 g/mol. The minimum atomic E-state index is -3.74. The first-order valence-electron chi connectivity index (χ1n) is 10.4. The number of nitro groups is 1. The van der Waals surface area contributed by atoms with E-state index in [-0.39, 0.29) is 10.6 Å². The number of benzene rings is 1. The number of aromatic nitrogens is 3. The molecule has 1 aromatic carbocycles. The summed E-state index contributed by atoms with van der Waals surface area (Å²) in [5.74, 6) is 1.84. The fourth-order valence-electron chi connectivity index (χ4n) is 4.11. The molecule has 0 bridgehead atoms. The van der Waals surface area contributed by atoms with Crippen LogP contribution in [-0.2, 0) is 29.4 Å². The van der Waals surface area contributed by atoms with Crippen LogP contribution in [0.2, 0.25) is 0 Å². The molecule has 11 heteroatoms. The molecule has 0 radical (unpaired) electrons. The van der Waals surface area contributed by atoms with E-state index in [1.54, 1.807) is 0 Å². The maximum Gasteiger partial charge on any atom is 0.293 e. The summed E-state index contributed by atoms with van der Waals surface area (Å²) in [5, 5.41) is 23.0. The van der Waals surface area contributed by atoms with Crippen molar-refractivity contribution in [3.63, 3.8) is 0 Å². The summed E-state index contributed by atoms with van der Waals surface area (Å²) in [4.78, 5) is 11.0. The molecule has 1 aromatic heterocycles. The van der Waals surface area contributed by atoms with Crippen molar-refractivity contribution in [2.75, 3.05) is 25.0 Å². The van der Waals surface area contributed by atoms with Crippen LogP contribution < -0.4 is 5.32 Å². The Morgan fingerprint density at radius 3 is 2.57 bits per heavy atom. The molecule has 2 aliphatic rings. The van der Waals surface area contributed by atoms with Gasteiger partial charge in [-0.2, -0.15) is 4.31 Å². The summed E-state index contributed by atoms with van der Waals surface area (Å²) in [5.41, 5.74) is 0.0633. The molecule has 0 atom stereocenters. The average molecular weight is 435 g/mol. The molecule has 1 saturated heterocycles. The first-order valence-corrected chi connectivity index (χ1v) is 11.8. The first-order chi connectivity index (χ1) is 14.5. The van der Waals surface area contributed by atoms with Gasteiger partial charge in [-0.1, -0.05) is 12.8 Å². The fraction of sp³-hybridized carbons (Fsp3) is 0.579. The van der Waals surface area contributed by atoms with Crippen LogP contribution >= 0.6 is 0 Å². The summed E-state index contributed by atoms with van der Waals surface area (Å²) in [6.45, 7) is 2.26. The summed E-state index contributed by atoms with van der Waals surface area (Å²) in [6, 6.07) is 4.10. The monoisotopic (exact) mass is 434 g/mol. The van der Waals surface area contributed by atoms with Crippen LogP contribution in [0, 0.1) is 10.1 Å². The summed E-state index contributed by atoms with van der Waals surface area (Å²) < 4.78 is 29.5. The third kappa shape index (κ3) is 4.17. The minimum Gasteiger partial charge on any atom is -0.379 e. The van der Waals surface area contributed by atoms with Crippen molar-refractivity contribution < 1.29 is 13.3 Å². The average Bonchev–Trinajstić information content (AvgIpc) is 3.23. The maximum atomic E-state index is 13.0. The van der Waals surface area contributed by atoms with Crippen LogP contribution in [0.5, 0.6) is 0 Å². The van der Waals surface area contributed by atoms with Crippen molar-refractivity contribution in [2.45, 2.75) is 56.4 Å². The second-order valence-corrected chi connectivity index (χ2v) is 9.66. The number of sulfonamides is 1. The van der Waals surface area contributed by atoms with Gasteiger partial charge in [0.2, 0.25) is 10.0 Å². The summed E-state index contributed by atoms with van der Waals surface area (Å²) in [7, 11) is -3.74. The predicted octanol–water partition coefficient (Wildman–Crippen LogP) is 2.35. The Morgan fingerprint density at radius 2 is 1.83 bits per heavy atom. The normalized spacial score (nSPS) is 17.5. The van der Waals surface area contributed by atoms with E-state index in [9.17, 15) is 18.5 Å². The van der Waals surface area contributed by atoms with Crippen molar-refractivity contribution in [1.29, 1.82) is 0 Å². The highest BCUT2D eigenvalue weighted by molar-refractivity contribution is 7.89. The van der Waals surface area contributed by atoms with Gasteiger partial charge in [-0.3, -0.25) is 10.1 Å². The van der Waals surface area contributed by atoms with E-state index in [4.69, 9.17) is 0 Å². The van der Waals surface area contributed by atoms with Crippen molar-refractivity contribution >= 4 is 21.4 Å². The van der Waals surface area contributed by atoms with E-state index in [2.05, 4.69) is 20.1 Å². The third-order valence-electron chi connectivity index (χ3n) is 5.72. The molecule has 1 fully saturated rings. The lowest BCUT2D eigenvalue weighted by atomic mass is 10.2. The van der Waals surface area contributed by atoms with Gasteiger partial charge in [0.15, 0.2) is 0 Å². The number of rotatable bonds is 7. The Balaban J connectivity index is 1.49. The van der Waals surface area contributed by atoms with Gasteiger partial charge in [-0.15, -0.1) is 10.2 Å². The Kier molecular flexibility index (Phi) is 6.00. The zero-order valence-electron chi connectivity index (χ0n) is 16.8. The summed E-state index contributed by atoms with van der Waals surface area (Å²) >= 11 is 0. The van der Waals surface area contributed by atoms with Crippen LogP contribution in [0.3, 0.4) is 0 Å². The highest BCUT2D eigenvalue weighted by Gasteiger charge is 2.28. The van der Waals surface area contributed by atoms with Gasteiger partial charge >= 0.3 is 0 Å². The molecular formula is C19H26N6O4S. The van der Waals surface area contributed by atoms with E-state index in [0.717, 1.165) is 62.8 Å². The zero-order valence-corrected chi connectivity index (χ0v) is 17.6. The highest BCUT2D eigenvalue weighted by Crippen LogP contribution is 2.30. The lowest BCUT2D eigenvalue weighted by molar-refractivity contribution is -0.384. The van der Waals surface area contributed by atoms with Crippen molar-refractivity contribution in [2.24, 2.45) is 0 Å². The van der Waals surface area contributed by atoms with Gasteiger partial charge in [0.25, 0.3) is 5.69 Å². The molecule has 3 heterocycles. The quantitative estimate of drug-likeness (QED) is 0.524. The van der Waals surface area contributed by atoms with E-state index in [0.29, 0.717) is 31.7 Å². The largest absolute Gasteiger partial charge is 0.379 e. The number of hydrogen-bond donors (Lipinski definition) is 1. The number of nitro benzene ring substituents is 1. The van der Waals surface area contributed by atoms with Gasteiger partial charge < -0.3 is 9.88 Å². The first kappa shape index (κ1) is 20.7. The Bertz CT molecular complexity index is 1030. The molecule has 30 heavy (non-hydrogen) atoms. The van der Waals surface area contributed by atoms with E-state index >= 15 is 0 Å². The smallest absolute Gasteiger partial charge is 0.293 e. The second kappa shape index (κ2) is 8.68. The molecule has 0 spiro atoms. The molecule has 1 N–H and O–H groups in total. The number of anilines is 1. The van der Waals surface area contributed by atoms with E-state index in [1.807, 2.05) is 0 Å². The molecule has 4 rings (SSSR count). The topological polar surface area (TPSA) is 123 Å². The second-order valence-electron chi connectivity index (χ2n) is 7.72. The van der Waals surface area contributed by atoms with E-state index in [1.165, 1.54) is 16.4 Å². The highest BCUT2D eigenvalue weighted by atomic mass is 32.2. The Hall–Kier alpha value is -2.53. The molecule has 2 aliphatic heterocycles. The molecule has 162 valence electrons. The fourth-order valence-corrected chi connectivity index (χ4v) is 5.65. The molecule has 0 amide bonds. The lowest BCUT2D eigenvalue weighted by Gasteiger charge is -2.20. The van der Waals surface area contributed by atoms with Crippen molar-refractivity contribution in [1.82, 2.24) is 19.1 Å². The number of nitrogens with zero attached hydrogens (tertiary/aromatic N) is 5. The maximum absolute atomic E-state index is 13.0. The van der Waals surface area contributed by atoms with Crippen molar-refractivity contribution in [3.8, 4) is 0 Å². The lowest BCUT2D eigenvalue weighted by Crippen LogP contribution is -2.32. The van der Waals surface area contributed by atoms with Crippen molar-refractivity contribution in [3.05, 3.63) is 40.0 Å². The number of aryl methyl sites for hydroxylation is 1. The number of fused-ring (bicyclic) bond motifs is 1. The molecule has 2 aromatic rings. The molecule has 0 unspecified atom stereocenters. The number of hydrogen-bond acceptors (Lipinski definition) is 7.